The first kappa shape index (κ1) is 18.1. The van der Waals surface area contributed by atoms with Crippen molar-refractivity contribution in [2.45, 2.75) is 51.4 Å². The largest absolute Gasteiger partial charge is 0.342 e. The number of aromatic nitrogens is 4. The van der Waals surface area contributed by atoms with E-state index in [0.29, 0.717) is 29.1 Å². The highest BCUT2D eigenvalue weighted by Gasteiger charge is 2.66. The summed E-state index contributed by atoms with van der Waals surface area (Å²) < 4.78 is 0. The van der Waals surface area contributed by atoms with Crippen LogP contribution < -0.4 is 0 Å². The third kappa shape index (κ3) is 3.31. The van der Waals surface area contributed by atoms with Crippen LogP contribution in [-0.4, -0.2) is 68.0 Å². The normalized spacial score (nSPS) is 29.6. The lowest BCUT2D eigenvalue weighted by molar-refractivity contribution is -0.134. The molecule has 1 aromatic heterocycles. The number of hydrogen-bond acceptors (Lipinski definition) is 5. The molecule has 3 heterocycles. The summed E-state index contributed by atoms with van der Waals surface area (Å²) >= 11 is 0. The summed E-state index contributed by atoms with van der Waals surface area (Å²) in [6, 6.07) is 0. The molecule has 2 saturated heterocycles. The number of carbonyl (C=O) groups is 2. The summed E-state index contributed by atoms with van der Waals surface area (Å²) in [5, 5.41) is 11.7. The Kier molecular flexibility index (Phi) is 4.39. The number of hydrogen-bond donors (Lipinski definition) is 0. The molecule has 4 aliphatic rings. The molecular weight excluding hydrogens is 356 g/mol. The van der Waals surface area contributed by atoms with E-state index in [4.69, 9.17) is 0 Å². The molecule has 2 aliphatic carbocycles. The molecule has 0 bridgehead atoms. The number of carbonyl (C=O) groups excluding carboxylic acids is 2. The van der Waals surface area contributed by atoms with Gasteiger partial charge in [-0.3, -0.25) is 9.59 Å². The number of rotatable bonds is 3. The molecular formula is C20H30N6O2. The second-order valence-electron chi connectivity index (χ2n) is 9.37. The molecule has 8 nitrogen and oxygen atoms in total. The van der Waals surface area contributed by atoms with Gasteiger partial charge in [0.2, 0.25) is 5.91 Å². The highest BCUT2D eigenvalue weighted by atomic mass is 16.2. The second-order valence-corrected chi connectivity index (χ2v) is 9.37. The van der Waals surface area contributed by atoms with Crippen molar-refractivity contribution in [3.05, 3.63) is 5.82 Å². The van der Waals surface area contributed by atoms with Gasteiger partial charge in [0, 0.05) is 32.1 Å². The van der Waals surface area contributed by atoms with Crippen molar-refractivity contribution < 1.29 is 9.59 Å². The minimum atomic E-state index is -0.104. The van der Waals surface area contributed by atoms with Crippen molar-refractivity contribution in [1.29, 1.82) is 0 Å². The smallest absolute Gasteiger partial charge is 0.295 e. The number of piperidine rings is 1. The van der Waals surface area contributed by atoms with Gasteiger partial charge in [-0.05, 0) is 73.8 Å². The lowest BCUT2D eigenvalue weighted by Crippen LogP contribution is -2.41. The van der Waals surface area contributed by atoms with Gasteiger partial charge in [0.15, 0.2) is 0 Å². The van der Waals surface area contributed by atoms with E-state index < -0.39 is 0 Å². The maximum Gasteiger partial charge on any atom is 0.295 e. The van der Waals surface area contributed by atoms with Crippen molar-refractivity contribution in [1.82, 2.24) is 30.0 Å². The van der Waals surface area contributed by atoms with Crippen molar-refractivity contribution in [2.24, 2.45) is 30.2 Å². The topological polar surface area (TPSA) is 84.2 Å². The lowest BCUT2D eigenvalue weighted by Gasteiger charge is -2.36. The predicted molar refractivity (Wildman–Crippen MR) is 101 cm³/mol. The Morgan fingerprint density at radius 3 is 2.25 bits per heavy atom. The van der Waals surface area contributed by atoms with E-state index in [2.05, 4.69) is 20.3 Å². The fraction of sp³-hybridized carbons (Fsp3) is 0.850. The summed E-state index contributed by atoms with van der Waals surface area (Å²) in [6.07, 6.45) is 9.19. The minimum absolute atomic E-state index is 0.104. The molecule has 2 amide bonds. The number of nitrogens with zero attached hydrogens (tertiary/aromatic N) is 6. The lowest BCUT2D eigenvalue weighted by atomic mass is 9.80. The van der Waals surface area contributed by atoms with E-state index in [1.807, 2.05) is 4.90 Å². The third-order valence-corrected chi connectivity index (χ3v) is 7.66. The summed E-state index contributed by atoms with van der Waals surface area (Å²) in [6.45, 7) is 3.40. The zero-order chi connectivity index (χ0) is 19.3. The van der Waals surface area contributed by atoms with Gasteiger partial charge >= 0.3 is 0 Å². The maximum atomic E-state index is 12.7. The van der Waals surface area contributed by atoms with Crippen LogP contribution in [0.2, 0.25) is 0 Å². The molecule has 4 fully saturated rings. The Morgan fingerprint density at radius 2 is 1.64 bits per heavy atom. The van der Waals surface area contributed by atoms with Crippen LogP contribution in [0, 0.1) is 23.2 Å². The molecule has 2 saturated carbocycles. The molecule has 0 aromatic carbocycles. The first-order chi connectivity index (χ1) is 13.6. The van der Waals surface area contributed by atoms with Crippen LogP contribution in [0.4, 0.5) is 0 Å². The van der Waals surface area contributed by atoms with E-state index in [-0.39, 0.29) is 11.7 Å². The molecule has 152 valence electrons. The highest BCUT2D eigenvalue weighted by molar-refractivity contribution is 5.90. The van der Waals surface area contributed by atoms with Crippen molar-refractivity contribution in [3.8, 4) is 0 Å². The van der Waals surface area contributed by atoms with Gasteiger partial charge < -0.3 is 9.80 Å². The van der Waals surface area contributed by atoms with Gasteiger partial charge in [-0.2, -0.15) is 4.80 Å². The predicted octanol–water partition coefficient (Wildman–Crippen LogP) is 1.49. The van der Waals surface area contributed by atoms with Crippen LogP contribution in [0.5, 0.6) is 0 Å². The Hall–Kier alpha value is -1.99. The van der Waals surface area contributed by atoms with Crippen molar-refractivity contribution >= 4 is 11.8 Å². The SMILES string of the molecule is Cn1nnc(C(=O)N2CCCC(C3CCN(C(=O)C4CC45CC5)CC3)CC2)n1. The molecule has 2 aliphatic heterocycles. The summed E-state index contributed by atoms with van der Waals surface area (Å²) in [5.74, 6) is 2.22. The first-order valence-corrected chi connectivity index (χ1v) is 10.9. The quantitative estimate of drug-likeness (QED) is 0.786. The summed E-state index contributed by atoms with van der Waals surface area (Å²) in [5.41, 5.74) is 0.462. The summed E-state index contributed by atoms with van der Waals surface area (Å²) in [7, 11) is 1.67. The van der Waals surface area contributed by atoms with Crippen LogP contribution in [0.3, 0.4) is 0 Å². The van der Waals surface area contributed by atoms with Gasteiger partial charge in [-0.25, -0.2) is 0 Å². The van der Waals surface area contributed by atoms with Gasteiger partial charge in [0.1, 0.15) is 0 Å². The Balaban J connectivity index is 1.12. The average Bonchev–Trinajstić information content (AvgIpc) is 3.61. The molecule has 1 aromatic rings. The number of amides is 2. The van der Waals surface area contributed by atoms with Crippen molar-refractivity contribution in [3.63, 3.8) is 0 Å². The van der Waals surface area contributed by atoms with E-state index in [1.165, 1.54) is 24.1 Å². The number of aryl methyl sites for hydroxylation is 1. The Morgan fingerprint density at radius 1 is 0.964 bits per heavy atom. The van der Waals surface area contributed by atoms with Gasteiger partial charge in [-0.15, -0.1) is 10.2 Å². The van der Waals surface area contributed by atoms with Gasteiger partial charge in [-0.1, -0.05) is 0 Å². The third-order valence-electron chi connectivity index (χ3n) is 7.66. The monoisotopic (exact) mass is 386 g/mol. The van der Waals surface area contributed by atoms with Crippen LogP contribution in [-0.2, 0) is 11.8 Å². The molecule has 2 unspecified atom stereocenters. The molecule has 0 N–H and O–H groups in total. The van der Waals surface area contributed by atoms with E-state index >= 15 is 0 Å². The van der Waals surface area contributed by atoms with E-state index in [1.54, 1.807) is 7.05 Å². The summed E-state index contributed by atoms with van der Waals surface area (Å²) in [4.78, 5) is 30.6. The highest BCUT2D eigenvalue weighted by Crippen LogP contribution is 2.71. The van der Waals surface area contributed by atoms with E-state index in [9.17, 15) is 9.59 Å². The zero-order valence-corrected chi connectivity index (χ0v) is 16.7. The standard InChI is InChI=1S/C20H30N6O2/c1-24-22-17(21-23-24)19(28)25-9-2-3-14(4-10-25)15-5-11-26(12-6-15)18(27)16-13-20(16)7-8-20/h14-16H,2-13H2,1H3. The Labute approximate surface area is 165 Å². The van der Waals surface area contributed by atoms with Crippen molar-refractivity contribution in [2.75, 3.05) is 26.2 Å². The van der Waals surface area contributed by atoms with Crippen LogP contribution in [0.25, 0.3) is 0 Å². The Bertz CT molecular complexity index is 765. The minimum Gasteiger partial charge on any atom is -0.342 e. The average molecular weight is 387 g/mol. The molecule has 5 rings (SSSR count). The molecule has 8 heteroatoms. The fourth-order valence-corrected chi connectivity index (χ4v) is 5.53. The van der Waals surface area contributed by atoms with Gasteiger partial charge in [0.25, 0.3) is 11.7 Å². The van der Waals surface area contributed by atoms with Crippen LogP contribution >= 0.6 is 0 Å². The fourth-order valence-electron chi connectivity index (χ4n) is 5.53. The zero-order valence-electron chi connectivity index (χ0n) is 16.7. The molecule has 28 heavy (non-hydrogen) atoms. The molecule has 0 radical (unpaired) electrons. The molecule has 2 atom stereocenters. The maximum absolute atomic E-state index is 12.7. The molecule has 1 spiro atoms. The van der Waals surface area contributed by atoms with Gasteiger partial charge in [0.05, 0.1) is 7.05 Å². The second kappa shape index (κ2) is 6.81. The van der Waals surface area contributed by atoms with Crippen LogP contribution in [0.15, 0.2) is 0 Å². The van der Waals surface area contributed by atoms with Crippen LogP contribution in [0.1, 0.15) is 62.0 Å². The first-order valence-electron chi connectivity index (χ1n) is 10.9. The number of tetrazole rings is 1. The van der Waals surface area contributed by atoms with E-state index in [0.717, 1.165) is 58.3 Å². The number of likely N-dealkylation sites (tertiary alicyclic amines) is 2.